The second-order valence-electron chi connectivity index (χ2n) is 10.1. The minimum atomic E-state index is -4.27. The fourth-order valence-electron chi connectivity index (χ4n) is 5.03. The molecule has 1 aliphatic rings. The predicted octanol–water partition coefficient (Wildman–Crippen LogP) is 7.36. The number of hydrogen-bond acceptors (Lipinski definition) is 4. The zero-order chi connectivity index (χ0) is 30.4. The van der Waals surface area contributed by atoms with Gasteiger partial charge in [0.2, 0.25) is 11.8 Å². The average molecular weight is 671 g/mol. The predicted molar refractivity (Wildman–Crippen MR) is 169 cm³/mol. The first-order valence-electron chi connectivity index (χ1n) is 13.6. The van der Waals surface area contributed by atoms with Gasteiger partial charge in [0.25, 0.3) is 10.0 Å². The summed E-state index contributed by atoms with van der Waals surface area (Å²) in [5, 5.41) is 4.05. The number of carbonyl (C=O) groups is 2. The first-order chi connectivity index (χ1) is 20.0. The molecular formula is C30H31Cl4N3O4S. The minimum Gasteiger partial charge on any atom is -0.352 e. The van der Waals surface area contributed by atoms with Crippen LogP contribution in [-0.4, -0.2) is 43.8 Å². The number of nitrogens with zero attached hydrogens (tertiary/aromatic N) is 2. The third-order valence-electron chi connectivity index (χ3n) is 7.21. The van der Waals surface area contributed by atoms with Gasteiger partial charge in [0, 0.05) is 17.6 Å². The standard InChI is InChI=1S/C30H31Cl4N3O4S/c1-2-27(30(39)35-22-8-6-7-9-22)36(18-20-12-14-24(32)26(34)16-20)29(38)19-37(28-17-21(31)13-15-25(28)33)42(40,41)23-10-4-3-5-11-23/h3-5,10-17,22,27H,2,6-9,18-19H2,1H3,(H,35,39)/t27-/m0/s1. The maximum absolute atomic E-state index is 14.2. The number of hydrogen-bond donors (Lipinski definition) is 1. The van der Waals surface area contributed by atoms with Gasteiger partial charge in [-0.25, -0.2) is 8.42 Å². The molecule has 2 amide bonds. The summed E-state index contributed by atoms with van der Waals surface area (Å²) < 4.78 is 28.8. The number of rotatable bonds is 11. The van der Waals surface area contributed by atoms with E-state index < -0.39 is 28.5 Å². The average Bonchev–Trinajstić information content (AvgIpc) is 3.48. The Morgan fingerprint density at radius 3 is 2.21 bits per heavy atom. The summed E-state index contributed by atoms with van der Waals surface area (Å²) in [5.41, 5.74) is 0.669. The number of anilines is 1. The fraction of sp³-hybridized carbons (Fsp3) is 0.333. The topological polar surface area (TPSA) is 86.8 Å². The van der Waals surface area contributed by atoms with Crippen LogP contribution in [0.4, 0.5) is 5.69 Å². The molecule has 0 saturated heterocycles. The zero-order valence-electron chi connectivity index (χ0n) is 22.9. The first-order valence-corrected chi connectivity index (χ1v) is 16.5. The highest BCUT2D eigenvalue weighted by atomic mass is 35.5. The first kappa shape index (κ1) is 32.4. The number of carbonyl (C=O) groups excluding carboxylic acids is 2. The lowest BCUT2D eigenvalue weighted by atomic mass is 10.1. The lowest BCUT2D eigenvalue weighted by molar-refractivity contribution is -0.140. The van der Waals surface area contributed by atoms with Gasteiger partial charge in [-0.3, -0.25) is 13.9 Å². The number of nitrogens with one attached hydrogen (secondary N) is 1. The molecule has 0 heterocycles. The smallest absolute Gasteiger partial charge is 0.264 e. The molecule has 0 radical (unpaired) electrons. The van der Waals surface area contributed by atoms with Gasteiger partial charge in [0.1, 0.15) is 12.6 Å². The normalized spacial score (nSPS) is 14.4. The number of halogens is 4. The molecule has 1 atom stereocenters. The Balaban J connectivity index is 1.75. The third kappa shape index (κ3) is 7.71. The molecule has 0 unspecified atom stereocenters. The highest BCUT2D eigenvalue weighted by Gasteiger charge is 2.35. The van der Waals surface area contributed by atoms with E-state index in [4.69, 9.17) is 46.4 Å². The highest BCUT2D eigenvalue weighted by Crippen LogP contribution is 2.33. The minimum absolute atomic E-state index is 0.00514. The third-order valence-corrected chi connectivity index (χ3v) is 10.3. The van der Waals surface area contributed by atoms with Crippen molar-refractivity contribution in [3.05, 3.63) is 92.4 Å². The molecular weight excluding hydrogens is 640 g/mol. The van der Waals surface area contributed by atoms with Crippen LogP contribution in [0.1, 0.15) is 44.6 Å². The van der Waals surface area contributed by atoms with Gasteiger partial charge in [0.05, 0.1) is 25.7 Å². The van der Waals surface area contributed by atoms with Crippen molar-refractivity contribution in [2.75, 3.05) is 10.8 Å². The summed E-state index contributed by atoms with van der Waals surface area (Å²) in [6.07, 6.45) is 4.11. The SMILES string of the molecule is CC[C@@H](C(=O)NC1CCCC1)N(Cc1ccc(Cl)c(Cl)c1)C(=O)CN(c1cc(Cl)ccc1Cl)S(=O)(=O)c1ccccc1. The molecule has 0 aliphatic heterocycles. The van der Waals surface area contributed by atoms with E-state index in [9.17, 15) is 18.0 Å². The molecule has 0 bridgehead atoms. The lowest BCUT2D eigenvalue weighted by Crippen LogP contribution is -2.53. The van der Waals surface area contributed by atoms with E-state index in [0.717, 1.165) is 30.0 Å². The van der Waals surface area contributed by atoms with E-state index in [0.29, 0.717) is 22.0 Å². The molecule has 1 fully saturated rings. The van der Waals surface area contributed by atoms with Gasteiger partial charge >= 0.3 is 0 Å². The van der Waals surface area contributed by atoms with Gasteiger partial charge in [-0.05, 0) is 67.3 Å². The van der Waals surface area contributed by atoms with Gasteiger partial charge < -0.3 is 10.2 Å². The van der Waals surface area contributed by atoms with Crippen LogP contribution in [-0.2, 0) is 26.2 Å². The quantitative estimate of drug-likeness (QED) is 0.231. The molecule has 3 aromatic rings. The number of benzene rings is 3. The molecule has 0 aromatic heterocycles. The Hall–Kier alpha value is -2.49. The van der Waals surface area contributed by atoms with Crippen molar-refractivity contribution in [2.45, 2.75) is 62.6 Å². The number of amides is 2. The van der Waals surface area contributed by atoms with E-state index in [1.165, 1.54) is 35.2 Å². The van der Waals surface area contributed by atoms with Crippen LogP contribution in [0.15, 0.2) is 71.6 Å². The monoisotopic (exact) mass is 669 g/mol. The fourth-order valence-corrected chi connectivity index (χ4v) is 7.23. The Labute approximate surface area is 266 Å². The van der Waals surface area contributed by atoms with E-state index in [-0.39, 0.29) is 39.1 Å². The summed E-state index contributed by atoms with van der Waals surface area (Å²) in [6.45, 7) is 1.17. The lowest BCUT2D eigenvalue weighted by Gasteiger charge is -2.34. The van der Waals surface area contributed by atoms with Crippen molar-refractivity contribution in [3.8, 4) is 0 Å². The molecule has 4 rings (SSSR count). The van der Waals surface area contributed by atoms with Crippen LogP contribution >= 0.6 is 46.4 Å². The molecule has 7 nitrogen and oxygen atoms in total. The Bertz CT molecular complexity index is 1530. The maximum atomic E-state index is 14.2. The summed E-state index contributed by atoms with van der Waals surface area (Å²) in [7, 11) is -4.27. The van der Waals surface area contributed by atoms with Crippen LogP contribution in [0.25, 0.3) is 0 Å². The summed E-state index contributed by atoms with van der Waals surface area (Å²) >= 11 is 25.1. The number of sulfonamides is 1. The van der Waals surface area contributed by atoms with Crippen molar-refractivity contribution in [1.29, 1.82) is 0 Å². The van der Waals surface area contributed by atoms with Gasteiger partial charge in [-0.1, -0.05) is 90.4 Å². The molecule has 3 aromatic carbocycles. The van der Waals surface area contributed by atoms with Gasteiger partial charge in [0.15, 0.2) is 0 Å². The Morgan fingerprint density at radius 1 is 0.905 bits per heavy atom. The van der Waals surface area contributed by atoms with Crippen LogP contribution in [0.2, 0.25) is 20.1 Å². The molecule has 0 spiro atoms. The van der Waals surface area contributed by atoms with Crippen LogP contribution in [0.3, 0.4) is 0 Å². The van der Waals surface area contributed by atoms with E-state index in [2.05, 4.69) is 5.32 Å². The molecule has 224 valence electrons. The zero-order valence-corrected chi connectivity index (χ0v) is 26.7. The van der Waals surface area contributed by atoms with Crippen molar-refractivity contribution in [3.63, 3.8) is 0 Å². The van der Waals surface area contributed by atoms with Crippen molar-refractivity contribution < 1.29 is 18.0 Å². The van der Waals surface area contributed by atoms with Gasteiger partial charge in [-0.2, -0.15) is 0 Å². The summed E-state index contributed by atoms with van der Waals surface area (Å²) in [5.74, 6) is -0.902. The molecule has 1 aliphatic carbocycles. The molecule has 42 heavy (non-hydrogen) atoms. The van der Waals surface area contributed by atoms with Crippen LogP contribution < -0.4 is 9.62 Å². The molecule has 1 N–H and O–H groups in total. The van der Waals surface area contributed by atoms with E-state index in [1.54, 1.807) is 43.3 Å². The van der Waals surface area contributed by atoms with Crippen LogP contribution in [0, 0.1) is 0 Å². The van der Waals surface area contributed by atoms with E-state index >= 15 is 0 Å². The van der Waals surface area contributed by atoms with Crippen molar-refractivity contribution >= 4 is 73.9 Å². The van der Waals surface area contributed by atoms with E-state index in [1.807, 2.05) is 0 Å². The molecule has 1 saturated carbocycles. The van der Waals surface area contributed by atoms with Crippen LogP contribution in [0.5, 0.6) is 0 Å². The largest absolute Gasteiger partial charge is 0.352 e. The maximum Gasteiger partial charge on any atom is 0.264 e. The Morgan fingerprint density at radius 2 is 1.57 bits per heavy atom. The Kier molecular flexibility index (Phi) is 11.1. The molecule has 12 heteroatoms. The summed E-state index contributed by atoms with van der Waals surface area (Å²) in [4.78, 5) is 29.1. The second kappa shape index (κ2) is 14.3. The van der Waals surface area contributed by atoms with Gasteiger partial charge in [-0.15, -0.1) is 0 Å². The summed E-state index contributed by atoms with van der Waals surface area (Å²) in [6, 6.07) is 16.2. The van der Waals surface area contributed by atoms with Crippen molar-refractivity contribution in [2.24, 2.45) is 0 Å². The second-order valence-corrected chi connectivity index (χ2v) is 13.6. The van der Waals surface area contributed by atoms with Crippen molar-refractivity contribution in [1.82, 2.24) is 10.2 Å². The highest BCUT2D eigenvalue weighted by molar-refractivity contribution is 7.92.